The van der Waals surface area contributed by atoms with Crippen molar-refractivity contribution in [3.63, 3.8) is 0 Å². The van der Waals surface area contributed by atoms with Crippen LogP contribution in [-0.4, -0.2) is 124 Å². The fourth-order valence-electron chi connectivity index (χ4n) is 8.51. The quantitative estimate of drug-likeness (QED) is 0.0236. The highest BCUT2D eigenvalue weighted by molar-refractivity contribution is 5.97. The molecule has 418 valence electrons. The van der Waals surface area contributed by atoms with Gasteiger partial charge in [0.1, 0.15) is 11.8 Å². The van der Waals surface area contributed by atoms with Crippen molar-refractivity contribution in [2.75, 3.05) is 26.2 Å². The number of imidazole rings is 1. The number of H-pyrrole nitrogens is 1. The van der Waals surface area contributed by atoms with Gasteiger partial charge >= 0.3 is 0 Å². The number of nitrogens with two attached hydrogens (primary N) is 7. The van der Waals surface area contributed by atoms with Crippen LogP contribution in [0.1, 0.15) is 138 Å². The first-order valence-electron chi connectivity index (χ1n) is 25.8. The van der Waals surface area contributed by atoms with E-state index in [-0.39, 0.29) is 125 Å². The topological polar surface area (TPSA) is 441 Å². The predicted octanol–water partition coefficient (Wildman–Crippen LogP) is 0.121. The predicted molar refractivity (Wildman–Crippen MR) is 284 cm³/mol. The smallest absolute Gasteiger partial charge is 0.224 e. The van der Waals surface area contributed by atoms with E-state index in [0.717, 1.165) is 0 Å². The number of hydrogen-bond acceptors (Lipinski definition) is 13. The Morgan fingerprint density at radius 1 is 0.581 bits per heavy atom. The van der Waals surface area contributed by atoms with E-state index in [1.807, 2.05) is 34.6 Å². The van der Waals surface area contributed by atoms with Gasteiger partial charge in [-0.3, -0.25) is 53.3 Å². The summed E-state index contributed by atoms with van der Waals surface area (Å²) in [5.74, 6) is -9.28. The molecule has 0 saturated heterocycles. The minimum Gasteiger partial charge on any atom is -0.394 e. The molecule has 0 bridgehead atoms. The molecule has 1 aromatic rings. The van der Waals surface area contributed by atoms with Crippen LogP contribution in [-0.2, 0) is 44.8 Å². The van der Waals surface area contributed by atoms with Gasteiger partial charge in [-0.25, -0.2) is 4.98 Å². The average Bonchev–Trinajstić information content (AvgIpc) is 3.84. The molecule has 0 aliphatic rings. The lowest BCUT2D eigenvalue weighted by Gasteiger charge is -2.27. The Balaban J connectivity index is 3.56. The standard InChI is InChI=1S/C50H89N15O9/c1-8-30(6)36(44(51)71)24-43(70)39(26-66)65-46(73)33(18-28(2)3)23-42(69)38(19-29(4)5)64-45(72)32(13-10-16-60-49(54)55)21-41(68)37(14-11-17-61-50(56)57)63-47(74)34(20-35-25-58-27-62-35)22-40(67)31(7)12-9-15-59-48(52)53/h25,27-34,36-39,66H,8-24,26H2,1-7H3,(H2,51,71)(H,58,62)(H,63,74)(H,64,72)(H,65,73)(H4,52,53,59)(H4,54,55,60)(H4,56,57,61)/t30-,31-,32+,33+,34+,36-,37-,38-,39-/m0/s1. The third-order valence-electron chi connectivity index (χ3n) is 12.9. The van der Waals surface area contributed by atoms with Crippen LogP contribution < -0.4 is 56.1 Å². The van der Waals surface area contributed by atoms with Crippen LogP contribution in [0.4, 0.5) is 0 Å². The van der Waals surface area contributed by atoms with E-state index in [2.05, 4.69) is 40.9 Å². The molecule has 74 heavy (non-hydrogen) atoms. The zero-order chi connectivity index (χ0) is 56.1. The maximum absolute atomic E-state index is 14.5. The number of primary amides is 1. The van der Waals surface area contributed by atoms with Crippen LogP contribution in [0.5, 0.6) is 0 Å². The van der Waals surface area contributed by atoms with Crippen molar-refractivity contribution in [3.8, 4) is 0 Å². The molecule has 24 nitrogen and oxygen atoms in total. The van der Waals surface area contributed by atoms with Gasteiger partial charge in [0.15, 0.2) is 35.2 Å². The summed E-state index contributed by atoms with van der Waals surface area (Å²) in [6, 6.07) is -3.61. The number of aliphatic imine (C=N–C) groups is 3. The van der Waals surface area contributed by atoms with Crippen LogP contribution in [0.25, 0.3) is 0 Å². The van der Waals surface area contributed by atoms with Crippen molar-refractivity contribution in [1.29, 1.82) is 0 Å². The Labute approximate surface area is 436 Å². The summed E-state index contributed by atoms with van der Waals surface area (Å²) in [6.07, 6.45) is 4.56. The molecule has 24 heteroatoms. The fourth-order valence-corrected chi connectivity index (χ4v) is 8.51. The molecule has 0 aliphatic carbocycles. The Morgan fingerprint density at radius 2 is 1.04 bits per heavy atom. The first-order chi connectivity index (χ1) is 34.8. The minimum absolute atomic E-state index is 0.0578. The van der Waals surface area contributed by atoms with Crippen molar-refractivity contribution in [2.45, 2.75) is 156 Å². The van der Waals surface area contributed by atoms with E-state index in [1.165, 1.54) is 12.5 Å². The van der Waals surface area contributed by atoms with Gasteiger partial charge in [0.05, 0.1) is 30.9 Å². The normalized spacial score (nSPS) is 14.9. The lowest BCUT2D eigenvalue weighted by Crippen LogP contribution is -2.49. The van der Waals surface area contributed by atoms with Crippen LogP contribution in [0.15, 0.2) is 27.5 Å². The third kappa shape index (κ3) is 26.5. The van der Waals surface area contributed by atoms with E-state index in [9.17, 15) is 43.5 Å². The second-order valence-electron chi connectivity index (χ2n) is 20.3. The van der Waals surface area contributed by atoms with Crippen LogP contribution >= 0.6 is 0 Å². The number of hydrogen-bond donors (Lipinski definition) is 12. The first-order valence-corrected chi connectivity index (χ1v) is 25.8. The van der Waals surface area contributed by atoms with E-state index in [0.29, 0.717) is 31.5 Å². The number of guanidine groups is 3. The molecule has 0 aliphatic heterocycles. The number of ketones is 4. The molecule has 1 heterocycles. The molecule has 1 rings (SSSR count). The molecule has 0 saturated carbocycles. The van der Waals surface area contributed by atoms with Crippen molar-refractivity contribution >= 4 is 64.6 Å². The van der Waals surface area contributed by atoms with Crippen LogP contribution in [0.3, 0.4) is 0 Å². The second-order valence-corrected chi connectivity index (χ2v) is 20.3. The van der Waals surface area contributed by atoms with Gasteiger partial charge in [-0.1, -0.05) is 54.9 Å². The molecule has 19 N–H and O–H groups in total. The molecular weight excluding hydrogens is 955 g/mol. The monoisotopic (exact) mass is 1040 g/mol. The van der Waals surface area contributed by atoms with Gasteiger partial charge in [0.25, 0.3) is 0 Å². The largest absolute Gasteiger partial charge is 0.394 e. The van der Waals surface area contributed by atoms with Crippen LogP contribution in [0, 0.1) is 47.3 Å². The molecule has 0 fully saturated rings. The number of aromatic nitrogens is 2. The van der Waals surface area contributed by atoms with E-state index < -0.39 is 95.3 Å². The Morgan fingerprint density at radius 3 is 1.54 bits per heavy atom. The number of rotatable bonds is 40. The van der Waals surface area contributed by atoms with Gasteiger partial charge in [-0.05, 0) is 69.1 Å². The summed E-state index contributed by atoms with van der Waals surface area (Å²) < 4.78 is 0. The maximum atomic E-state index is 14.5. The molecule has 1 aromatic heterocycles. The third-order valence-corrected chi connectivity index (χ3v) is 12.9. The highest BCUT2D eigenvalue weighted by atomic mass is 16.3. The SMILES string of the molecule is CC[C@H](C)[C@H](CC(=O)[C@H](CO)NC(=O)[C@@H](CC(=O)[C@H](CC(C)C)NC(=O)[C@H](CCCN=C(N)N)CC(=O)[C@H](CCCN=C(N)N)NC(=O)[C@@H](CC(=O)[C@@H](C)CCCN=C(N)N)Cc1cnc[nH]1)CC(C)C)C(N)=O. The number of aliphatic hydroxyl groups excluding tert-OH is 1. The van der Waals surface area contributed by atoms with Gasteiger partial charge < -0.3 is 66.2 Å². The van der Waals surface area contributed by atoms with Gasteiger partial charge in [0.2, 0.25) is 23.6 Å². The number of aromatic amines is 1. The average molecular weight is 1040 g/mol. The number of nitrogens with zero attached hydrogens (tertiary/aromatic N) is 4. The minimum atomic E-state index is -1.35. The zero-order valence-electron chi connectivity index (χ0n) is 44.8. The summed E-state index contributed by atoms with van der Waals surface area (Å²) in [5, 5.41) is 18.5. The number of Topliss-reactive ketones (excluding diaryl/α,β-unsaturated/α-hetero) is 4. The number of carbonyl (C=O) groups is 8. The van der Waals surface area contributed by atoms with E-state index >= 15 is 0 Å². The summed E-state index contributed by atoms with van der Waals surface area (Å²) in [5.41, 5.74) is 39.3. The summed E-state index contributed by atoms with van der Waals surface area (Å²) in [6.45, 7) is 12.7. The highest BCUT2D eigenvalue weighted by Gasteiger charge is 2.36. The molecule has 0 radical (unpaired) electrons. The number of nitrogens with one attached hydrogen (secondary N) is 4. The van der Waals surface area contributed by atoms with Gasteiger partial charge in [-0.15, -0.1) is 0 Å². The summed E-state index contributed by atoms with van der Waals surface area (Å²) in [4.78, 5) is 130. The first kappa shape index (κ1) is 65.6. The maximum Gasteiger partial charge on any atom is 0.224 e. The second kappa shape index (κ2) is 34.9. The summed E-state index contributed by atoms with van der Waals surface area (Å²) in [7, 11) is 0. The molecule has 0 aromatic carbocycles. The molecule has 4 amide bonds. The Hall–Kier alpha value is -6.46. The molecule has 0 spiro atoms. The van der Waals surface area contributed by atoms with Crippen LogP contribution in [0.2, 0.25) is 0 Å². The Bertz CT molecular complexity index is 2030. The van der Waals surface area contributed by atoms with Gasteiger partial charge in [-0.2, -0.15) is 0 Å². The van der Waals surface area contributed by atoms with E-state index in [1.54, 1.807) is 13.8 Å². The molecular formula is C50H89N15O9. The lowest BCUT2D eigenvalue weighted by molar-refractivity contribution is -0.136. The zero-order valence-corrected chi connectivity index (χ0v) is 44.8. The molecule has 9 atom stereocenters. The highest BCUT2D eigenvalue weighted by Crippen LogP contribution is 2.24. The number of amides is 4. The molecule has 0 unspecified atom stereocenters. The summed E-state index contributed by atoms with van der Waals surface area (Å²) >= 11 is 0. The van der Waals surface area contributed by atoms with Crippen molar-refractivity contribution < 1.29 is 43.5 Å². The van der Waals surface area contributed by atoms with Crippen molar-refractivity contribution in [3.05, 3.63) is 18.2 Å². The fraction of sp³-hybridized carbons (Fsp3) is 0.720. The lowest BCUT2D eigenvalue weighted by atomic mass is 9.85. The Kier molecular flexibility index (Phi) is 30.9. The van der Waals surface area contributed by atoms with Crippen molar-refractivity contribution in [2.24, 2.45) is 102 Å². The van der Waals surface area contributed by atoms with Crippen molar-refractivity contribution in [1.82, 2.24) is 25.9 Å². The number of carbonyl (C=O) groups excluding carboxylic acids is 8. The van der Waals surface area contributed by atoms with E-state index in [4.69, 9.17) is 40.1 Å². The van der Waals surface area contributed by atoms with Gasteiger partial charge in [0, 0.05) is 87.3 Å². The number of aliphatic hydroxyl groups is 1.